The van der Waals surface area contributed by atoms with Gasteiger partial charge >= 0.3 is 5.97 Å². The van der Waals surface area contributed by atoms with Crippen LogP contribution in [0.15, 0.2) is 18.2 Å². The molecular formula is C16H21FN2O4. The number of hydrogen-bond donors (Lipinski definition) is 2. The Morgan fingerprint density at radius 1 is 1.43 bits per heavy atom. The lowest BCUT2D eigenvalue weighted by atomic mass is 9.85. The summed E-state index contributed by atoms with van der Waals surface area (Å²) in [6.07, 6.45) is 1.31. The summed E-state index contributed by atoms with van der Waals surface area (Å²) in [4.78, 5) is 24.9. The first-order valence-electron chi connectivity index (χ1n) is 7.55. The van der Waals surface area contributed by atoms with Crippen molar-refractivity contribution in [1.29, 1.82) is 0 Å². The third-order valence-corrected chi connectivity index (χ3v) is 4.13. The predicted octanol–water partition coefficient (Wildman–Crippen LogP) is 1.50. The lowest BCUT2D eigenvalue weighted by Crippen LogP contribution is -2.54. The summed E-state index contributed by atoms with van der Waals surface area (Å²) in [6.45, 7) is 2.53. The highest BCUT2D eigenvalue weighted by molar-refractivity contribution is 5.97. The van der Waals surface area contributed by atoms with Crippen LogP contribution in [0.3, 0.4) is 0 Å². The highest BCUT2D eigenvalue weighted by atomic mass is 19.1. The van der Waals surface area contributed by atoms with Crippen molar-refractivity contribution >= 4 is 11.9 Å². The molecular weight excluding hydrogens is 303 g/mol. The van der Waals surface area contributed by atoms with Crippen molar-refractivity contribution in [1.82, 2.24) is 10.2 Å². The maximum Gasteiger partial charge on any atom is 0.317 e. The average molecular weight is 324 g/mol. The Hall–Kier alpha value is -2.15. The van der Waals surface area contributed by atoms with E-state index in [-0.39, 0.29) is 29.9 Å². The summed E-state index contributed by atoms with van der Waals surface area (Å²) in [5.74, 6) is -1.81. The highest BCUT2D eigenvalue weighted by Crippen LogP contribution is 2.27. The molecule has 1 aliphatic rings. The van der Waals surface area contributed by atoms with Crippen LogP contribution in [0.4, 0.5) is 4.39 Å². The molecule has 0 bridgehead atoms. The SMILES string of the molecule is CCN(CC(=O)O)C1CC(NC(=O)c2c(F)cccc2OC)C1. The van der Waals surface area contributed by atoms with Gasteiger partial charge in [0, 0.05) is 12.1 Å². The minimum Gasteiger partial charge on any atom is -0.496 e. The van der Waals surface area contributed by atoms with Crippen LogP contribution in [-0.4, -0.2) is 54.2 Å². The number of halogens is 1. The van der Waals surface area contributed by atoms with Crippen molar-refractivity contribution in [3.05, 3.63) is 29.6 Å². The molecule has 2 rings (SSSR count). The highest BCUT2D eigenvalue weighted by Gasteiger charge is 2.35. The Morgan fingerprint density at radius 2 is 2.13 bits per heavy atom. The van der Waals surface area contributed by atoms with E-state index in [0.717, 1.165) is 0 Å². The summed E-state index contributed by atoms with van der Waals surface area (Å²) < 4.78 is 18.9. The van der Waals surface area contributed by atoms with E-state index in [1.54, 1.807) is 0 Å². The third-order valence-electron chi connectivity index (χ3n) is 4.13. The molecule has 1 saturated carbocycles. The van der Waals surface area contributed by atoms with E-state index in [1.165, 1.54) is 25.3 Å². The number of ether oxygens (including phenoxy) is 1. The summed E-state index contributed by atoms with van der Waals surface area (Å²) in [6, 6.07) is 4.28. The zero-order chi connectivity index (χ0) is 17.0. The molecule has 0 saturated heterocycles. The van der Waals surface area contributed by atoms with Crippen LogP contribution in [-0.2, 0) is 4.79 Å². The Morgan fingerprint density at radius 3 is 2.70 bits per heavy atom. The molecule has 7 heteroatoms. The van der Waals surface area contributed by atoms with Gasteiger partial charge in [-0.3, -0.25) is 14.5 Å². The van der Waals surface area contributed by atoms with E-state index in [9.17, 15) is 14.0 Å². The number of methoxy groups -OCH3 is 1. The van der Waals surface area contributed by atoms with Gasteiger partial charge in [-0.25, -0.2) is 4.39 Å². The van der Waals surface area contributed by atoms with E-state index >= 15 is 0 Å². The van der Waals surface area contributed by atoms with Crippen molar-refractivity contribution in [3.8, 4) is 5.75 Å². The molecule has 0 aromatic heterocycles. The van der Waals surface area contributed by atoms with Gasteiger partial charge in [0.1, 0.15) is 17.1 Å². The Kier molecular flexibility index (Phi) is 5.54. The van der Waals surface area contributed by atoms with Gasteiger partial charge < -0.3 is 15.2 Å². The fourth-order valence-corrected chi connectivity index (χ4v) is 2.83. The normalized spacial score (nSPS) is 20.0. The van der Waals surface area contributed by atoms with Gasteiger partial charge in [0.2, 0.25) is 0 Å². The molecule has 2 N–H and O–H groups in total. The molecule has 1 aromatic carbocycles. The number of amides is 1. The van der Waals surface area contributed by atoms with Crippen LogP contribution in [0.5, 0.6) is 5.75 Å². The van der Waals surface area contributed by atoms with Crippen LogP contribution < -0.4 is 10.1 Å². The molecule has 0 spiro atoms. The number of nitrogens with zero attached hydrogens (tertiary/aromatic N) is 1. The van der Waals surface area contributed by atoms with Crippen LogP contribution in [0.25, 0.3) is 0 Å². The minimum absolute atomic E-state index is 0.0109. The van der Waals surface area contributed by atoms with Gasteiger partial charge in [-0.1, -0.05) is 13.0 Å². The van der Waals surface area contributed by atoms with Gasteiger partial charge in [-0.05, 0) is 31.5 Å². The van der Waals surface area contributed by atoms with E-state index in [1.807, 2.05) is 11.8 Å². The topological polar surface area (TPSA) is 78.9 Å². The van der Waals surface area contributed by atoms with E-state index in [2.05, 4.69) is 5.32 Å². The van der Waals surface area contributed by atoms with Crippen LogP contribution in [0.2, 0.25) is 0 Å². The molecule has 0 radical (unpaired) electrons. The summed E-state index contributed by atoms with van der Waals surface area (Å²) in [7, 11) is 1.38. The van der Waals surface area contributed by atoms with Crippen LogP contribution >= 0.6 is 0 Å². The van der Waals surface area contributed by atoms with Gasteiger partial charge in [0.05, 0.1) is 13.7 Å². The van der Waals surface area contributed by atoms with Crippen molar-refractivity contribution in [2.24, 2.45) is 0 Å². The molecule has 1 fully saturated rings. The van der Waals surface area contributed by atoms with Gasteiger partial charge in [-0.2, -0.15) is 0 Å². The Labute approximate surface area is 134 Å². The molecule has 23 heavy (non-hydrogen) atoms. The first-order chi connectivity index (χ1) is 11.0. The molecule has 0 unspecified atom stereocenters. The van der Waals surface area contributed by atoms with E-state index in [4.69, 9.17) is 9.84 Å². The first kappa shape index (κ1) is 17.2. The molecule has 0 heterocycles. The molecule has 0 aliphatic heterocycles. The van der Waals surface area contributed by atoms with Gasteiger partial charge in [0.15, 0.2) is 0 Å². The van der Waals surface area contributed by atoms with E-state index < -0.39 is 17.7 Å². The van der Waals surface area contributed by atoms with Gasteiger partial charge in [0.25, 0.3) is 5.91 Å². The molecule has 1 aliphatic carbocycles. The van der Waals surface area contributed by atoms with Crippen molar-refractivity contribution in [2.45, 2.75) is 31.8 Å². The summed E-state index contributed by atoms with van der Waals surface area (Å²) in [5.41, 5.74) is -0.101. The number of rotatable bonds is 7. The minimum atomic E-state index is -0.865. The molecule has 1 amide bonds. The lowest BCUT2D eigenvalue weighted by molar-refractivity contribution is -0.139. The standard InChI is InChI=1S/C16H21FN2O4/c1-3-19(9-14(20)21)11-7-10(8-11)18-16(22)15-12(17)5-4-6-13(15)23-2/h4-6,10-11H,3,7-9H2,1-2H3,(H,18,22)(H,20,21). The monoisotopic (exact) mass is 324 g/mol. The smallest absolute Gasteiger partial charge is 0.317 e. The molecule has 6 nitrogen and oxygen atoms in total. The quantitative estimate of drug-likeness (QED) is 0.795. The fourth-order valence-electron chi connectivity index (χ4n) is 2.83. The number of aliphatic carboxylic acids is 1. The van der Waals surface area contributed by atoms with Crippen molar-refractivity contribution in [2.75, 3.05) is 20.2 Å². The van der Waals surface area contributed by atoms with Gasteiger partial charge in [-0.15, -0.1) is 0 Å². The largest absolute Gasteiger partial charge is 0.496 e. The molecule has 1 aromatic rings. The average Bonchev–Trinajstić information content (AvgIpc) is 2.47. The second-order valence-electron chi connectivity index (χ2n) is 5.57. The number of carboxylic acid groups (broad SMARTS) is 1. The number of nitrogens with one attached hydrogen (secondary N) is 1. The molecule has 126 valence electrons. The summed E-state index contributed by atoms with van der Waals surface area (Å²) >= 11 is 0. The van der Waals surface area contributed by atoms with Crippen molar-refractivity contribution in [3.63, 3.8) is 0 Å². The zero-order valence-corrected chi connectivity index (χ0v) is 13.2. The Bertz CT molecular complexity index is 587. The second-order valence-corrected chi connectivity index (χ2v) is 5.57. The Balaban J connectivity index is 1.93. The second kappa shape index (κ2) is 7.41. The number of likely N-dealkylation sites (N-methyl/N-ethyl adjacent to an activating group) is 1. The zero-order valence-electron chi connectivity index (χ0n) is 13.2. The molecule has 0 atom stereocenters. The van der Waals surface area contributed by atoms with Crippen molar-refractivity contribution < 1.29 is 23.8 Å². The number of carbonyl (C=O) groups is 2. The number of carboxylic acids is 1. The maximum atomic E-state index is 13.8. The van der Waals surface area contributed by atoms with Crippen LogP contribution in [0, 0.1) is 5.82 Å². The third kappa shape index (κ3) is 3.98. The lowest BCUT2D eigenvalue weighted by Gasteiger charge is -2.42. The first-order valence-corrected chi connectivity index (χ1v) is 7.55. The number of hydrogen-bond acceptors (Lipinski definition) is 4. The van der Waals surface area contributed by atoms with Crippen LogP contribution in [0.1, 0.15) is 30.1 Å². The number of carbonyl (C=O) groups excluding carboxylic acids is 1. The predicted molar refractivity (Wildman–Crippen MR) is 82.1 cm³/mol. The van der Waals surface area contributed by atoms with E-state index in [0.29, 0.717) is 19.4 Å². The maximum absolute atomic E-state index is 13.8. The summed E-state index contributed by atoms with van der Waals surface area (Å²) in [5, 5.41) is 11.6. The fraction of sp³-hybridized carbons (Fsp3) is 0.500. The number of benzene rings is 1.